The number of sulfonamides is 2. The van der Waals surface area contributed by atoms with Crippen molar-refractivity contribution in [1.82, 2.24) is 0 Å². The number of hydrogen-bond acceptors (Lipinski definition) is 4. The molecule has 6 nitrogen and oxygen atoms in total. The Kier molecular flexibility index (Phi) is 4.15. The predicted octanol–water partition coefficient (Wildman–Crippen LogP) is 1.78. The largest absolute Gasteiger partial charge is 0.266 e. The summed E-state index contributed by atoms with van der Waals surface area (Å²) < 4.78 is 49.9. The molecule has 0 saturated carbocycles. The van der Waals surface area contributed by atoms with Crippen molar-refractivity contribution in [2.45, 2.75) is 29.6 Å². The van der Waals surface area contributed by atoms with Gasteiger partial charge in [0, 0.05) is 6.54 Å². The van der Waals surface area contributed by atoms with Crippen LogP contribution in [0.25, 0.3) is 0 Å². The van der Waals surface area contributed by atoms with Crippen molar-refractivity contribution < 1.29 is 16.8 Å². The first-order valence-corrected chi connectivity index (χ1v) is 10.4. The lowest BCUT2D eigenvalue weighted by molar-refractivity contribution is 0.585. The number of aryl methyl sites for hydroxylation is 2. The number of benzene rings is 2. The molecule has 0 atom stereocenters. The highest BCUT2D eigenvalue weighted by molar-refractivity contribution is 7.92. The molecule has 128 valence electrons. The Morgan fingerprint density at radius 2 is 1.58 bits per heavy atom. The fourth-order valence-corrected chi connectivity index (χ4v) is 4.93. The molecule has 0 saturated heterocycles. The van der Waals surface area contributed by atoms with Gasteiger partial charge in [-0.15, -0.1) is 0 Å². The van der Waals surface area contributed by atoms with Gasteiger partial charge in [-0.2, -0.15) is 0 Å². The van der Waals surface area contributed by atoms with Gasteiger partial charge >= 0.3 is 0 Å². The van der Waals surface area contributed by atoms with Crippen LogP contribution in [0.3, 0.4) is 0 Å². The van der Waals surface area contributed by atoms with Crippen molar-refractivity contribution in [3.63, 3.8) is 0 Å². The second-order valence-corrected chi connectivity index (χ2v) is 9.25. The molecule has 0 amide bonds. The van der Waals surface area contributed by atoms with Crippen LogP contribution in [0.1, 0.15) is 17.5 Å². The Labute approximate surface area is 142 Å². The number of primary sulfonamides is 1. The van der Waals surface area contributed by atoms with Gasteiger partial charge in [0.1, 0.15) is 0 Å². The maximum atomic E-state index is 12.9. The van der Waals surface area contributed by atoms with Crippen LogP contribution in [-0.2, 0) is 26.5 Å². The van der Waals surface area contributed by atoms with E-state index in [1.54, 1.807) is 0 Å². The number of hydrogen-bond donors (Lipinski definition) is 1. The van der Waals surface area contributed by atoms with Crippen LogP contribution < -0.4 is 9.44 Å². The van der Waals surface area contributed by atoms with E-state index in [9.17, 15) is 16.8 Å². The molecule has 0 unspecified atom stereocenters. The Balaban J connectivity index is 2.03. The highest BCUT2D eigenvalue weighted by Gasteiger charge is 2.29. The first-order chi connectivity index (χ1) is 11.2. The first-order valence-electron chi connectivity index (χ1n) is 7.45. The number of nitrogens with two attached hydrogens (primary N) is 1. The molecule has 24 heavy (non-hydrogen) atoms. The van der Waals surface area contributed by atoms with E-state index in [4.69, 9.17) is 5.14 Å². The zero-order valence-electron chi connectivity index (χ0n) is 13.1. The standard InChI is InChI=1S/C16H18N2O4S2/c1-12-4-9-16-13(11-12)3-2-10-18(16)24(21,22)15-7-5-14(6-8-15)23(17,19)20/h4-9,11H,2-3,10H2,1H3,(H2,17,19,20). The van der Waals surface area contributed by atoms with Gasteiger partial charge in [0.25, 0.3) is 10.0 Å². The fraction of sp³-hybridized carbons (Fsp3) is 0.250. The average molecular weight is 366 g/mol. The molecule has 0 radical (unpaired) electrons. The number of anilines is 1. The van der Waals surface area contributed by atoms with E-state index in [0.717, 1.165) is 24.0 Å². The van der Waals surface area contributed by atoms with Gasteiger partial charge in [0.2, 0.25) is 10.0 Å². The minimum atomic E-state index is -3.85. The van der Waals surface area contributed by atoms with E-state index in [1.165, 1.54) is 28.6 Å². The smallest absolute Gasteiger partial charge is 0.264 e. The maximum absolute atomic E-state index is 12.9. The van der Waals surface area contributed by atoms with Gasteiger partial charge in [0.15, 0.2) is 0 Å². The van der Waals surface area contributed by atoms with E-state index < -0.39 is 20.0 Å². The molecule has 0 bridgehead atoms. The molecule has 1 aliphatic heterocycles. The Bertz CT molecular complexity index is 981. The molecular weight excluding hydrogens is 348 g/mol. The lowest BCUT2D eigenvalue weighted by atomic mass is 10.0. The second kappa shape index (κ2) is 5.87. The zero-order valence-corrected chi connectivity index (χ0v) is 14.8. The van der Waals surface area contributed by atoms with Gasteiger partial charge in [0.05, 0.1) is 15.5 Å². The third-order valence-electron chi connectivity index (χ3n) is 4.05. The molecule has 0 fully saturated rings. The zero-order chi connectivity index (χ0) is 17.5. The van der Waals surface area contributed by atoms with Crippen molar-refractivity contribution >= 4 is 25.7 Å². The summed E-state index contributed by atoms with van der Waals surface area (Å²) in [5.74, 6) is 0. The third-order valence-corrected chi connectivity index (χ3v) is 6.81. The topological polar surface area (TPSA) is 97.5 Å². The maximum Gasteiger partial charge on any atom is 0.264 e. The summed E-state index contributed by atoms with van der Waals surface area (Å²) in [7, 11) is -7.60. The van der Waals surface area contributed by atoms with Crippen molar-refractivity contribution in [3.8, 4) is 0 Å². The van der Waals surface area contributed by atoms with Crippen molar-refractivity contribution in [2.24, 2.45) is 5.14 Å². The van der Waals surface area contributed by atoms with Crippen LogP contribution in [0.5, 0.6) is 0 Å². The summed E-state index contributed by atoms with van der Waals surface area (Å²) in [6, 6.07) is 10.7. The van der Waals surface area contributed by atoms with Crippen molar-refractivity contribution in [2.75, 3.05) is 10.8 Å². The van der Waals surface area contributed by atoms with Gasteiger partial charge in [-0.05, 0) is 55.7 Å². The summed E-state index contributed by atoms with van der Waals surface area (Å²) in [5.41, 5.74) is 2.78. The highest BCUT2D eigenvalue weighted by Crippen LogP contribution is 2.32. The average Bonchev–Trinajstić information content (AvgIpc) is 2.53. The third kappa shape index (κ3) is 3.04. The molecule has 0 spiro atoms. The molecule has 3 rings (SSSR count). The molecule has 1 heterocycles. The monoisotopic (exact) mass is 366 g/mol. The second-order valence-electron chi connectivity index (χ2n) is 5.83. The van der Waals surface area contributed by atoms with E-state index in [1.807, 2.05) is 25.1 Å². The Morgan fingerprint density at radius 3 is 2.21 bits per heavy atom. The summed E-state index contributed by atoms with van der Waals surface area (Å²) in [4.78, 5) is -0.0700. The van der Waals surface area contributed by atoms with Crippen LogP contribution in [0.4, 0.5) is 5.69 Å². The SMILES string of the molecule is Cc1ccc2c(c1)CCCN2S(=O)(=O)c1ccc(S(N)(=O)=O)cc1. The van der Waals surface area contributed by atoms with Crippen molar-refractivity contribution in [1.29, 1.82) is 0 Å². The van der Waals surface area contributed by atoms with Gasteiger partial charge in [-0.1, -0.05) is 17.7 Å². The molecule has 0 aromatic heterocycles. The molecule has 8 heteroatoms. The number of fused-ring (bicyclic) bond motifs is 1. The summed E-state index contributed by atoms with van der Waals surface area (Å²) >= 11 is 0. The molecule has 2 aromatic carbocycles. The lowest BCUT2D eigenvalue weighted by Gasteiger charge is -2.30. The first kappa shape index (κ1) is 16.9. The van der Waals surface area contributed by atoms with E-state index in [2.05, 4.69) is 0 Å². The van der Waals surface area contributed by atoms with E-state index in [0.29, 0.717) is 12.2 Å². The van der Waals surface area contributed by atoms with Crippen molar-refractivity contribution in [3.05, 3.63) is 53.6 Å². The van der Waals surface area contributed by atoms with E-state index in [-0.39, 0.29) is 9.79 Å². The van der Waals surface area contributed by atoms with Crippen LogP contribution >= 0.6 is 0 Å². The highest BCUT2D eigenvalue weighted by atomic mass is 32.2. The van der Waals surface area contributed by atoms with Gasteiger partial charge in [-0.25, -0.2) is 22.0 Å². The van der Waals surface area contributed by atoms with E-state index >= 15 is 0 Å². The fourth-order valence-electron chi connectivity index (χ4n) is 2.87. The minimum absolute atomic E-state index is 0.0447. The van der Waals surface area contributed by atoms with Crippen LogP contribution in [0.15, 0.2) is 52.3 Å². The molecule has 1 aliphatic rings. The summed E-state index contributed by atoms with van der Waals surface area (Å²) in [6.45, 7) is 2.37. The molecule has 2 N–H and O–H groups in total. The van der Waals surface area contributed by atoms with Crippen LogP contribution in [-0.4, -0.2) is 23.4 Å². The van der Waals surface area contributed by atoms with Crippen LogP contribution in [0, 0.1) is 6.92 Å². The normalized spacial score (nSPS) is 15.2. The Morgan fingerprint density at radius 1 is 0.958 bits per heavy atom. The number of nitrogens with zero attached hydrogens (tertiary/aromatic N) is 1. The molecule has 2 aromatic rings. The lowest BCUT2D eigenvalue weighted by Crippen LogP contribution is -2.35. The minimum Gasteiger partial charge on any atom is -0.266 e. The molecule has 0 aliphatic carbocycles. The molecular formula is C16H18N2O4S2. The van der Waals surface area contributed by atoms with Gasteiger partial charge < -0.3 is 0 Å². The van der Waals surface area contributed by atoms with Gasteiger partial charge in [-0.3, -0.25) is 4.31 Å². The summed E-state index contributed by atoms with van der Waals surface area (Å²) in [6.07, 6.45) is 1.58. The summed E-state index contributed by atoms with van der Waals surface area (Å²) in [5, 5.41) is 5.05. The number of rotatable bonds is 3. The quantitative estimate of drug-likeness (QED) is 0.895. The van der Waals surface area contributed by atoms with Crippen LogP contribution in [0.2, 0.25) is 0 Å². The Hall–Kier alpha value is -1.90. The predicted molar refractivity (Wildman–Crippen MR) is 91.8 cm³/mol.